The van der Waals surface area contributed by atoms with Gasteiger partial charge >= 0.3 is 0 Å². The third-order valence-electron chi connectivity index (χ3n) is 3.29. The predicted molar refractivity (Wildman–Crippen MR) is 82.1 cm³/mol. The number of anilines is 1. The molecule has 0 saturated carbocycles. The van der Waals surface area contributed by atoms with Crippen LogP contribution in [0, 0.1) is 0 Å². The maximum absolute atomic E-state index is 11.6. The Morgan fingerprint density at radius 3 is 3.19 bits per heavy atom. The van der Waals surface area contributed by atoms with Crippen LogP contribution in [0.5, 0.6) is 11.5 Å². The van der Waals surface area contributed by atoms with Crippen molar-refractivity contribution >= 4 is 21.7 Å². The molecule has 0 spiro atoms. The van der Waals surface area contributed by atoms with Crippen LogP contribution in [0.4, 0.5) is 5.82 Å². The van der Waals surface area contributed by atoms with E-state index in [1.165, 1.54) is 19.0 Å². The van der Waals surface area contributed by atoms with Crippen molar-refractivity contribution in [2.24, 2.45) is 0 Å². The molecule has 0 unspecified atom stereocenters. The monoisotopic (exact) mass is 351 g/mol. The van der Waals surface area contributed by atoms with Gasteiger partial charge in [0.2, 0.25) is 5.75 Å². The minimum atomic E-state index is -0.314. The van der Waals surface area contributed by atoms with Crippen LogP contribution < -0.4 is 20.3 Å². The number of aromatic amines is 1. The van der Waals surface area contributed by atoms with Gasteiger partial charge in [0, 0.05) is 23.0 Å². The van der Waals surface area contributed by atoms with Crippen LogP contribution in [-0.4, -0.2) is 23.7 Å². The first-order valence-electron chi connectivity index (χ1n) is 6.48. The number of nitrogens with one attached hydrogen (secondary N) is 2. The summed E-state index contributed by atoms with van der Waals surface area (Å²) >= 11 is 3.50. The fraction of sp³-hybridized carbons (Fsp3) is 0.286. The molecule has 110 valence electrons. The molecule has 6 nitrogen and oxygen atoms in total. The van der Waals surface area contributed by atoms with Crippen molar-refractivity contribution in [1.29, 1.82) is 0 Å². The number of rotatable bonds is 4. The van der Waals surface area contributed by atoms with Gasteiger partial charge in [0.05, 0.1) is 20.0 Å². The normalized spacial score (nSPS) is 12.7. The van der Waals surface area contributed by atoms with Gasteiger partial charge in [-0.15, -0.1) is 0 Å². The number of halogens is 1. The molecule has 0 saturated heterocycles. The molecule has 0 amide bonds. The SMILES string of the molecule is COc1c(NCc2cc(Br)cc3c2OCC3)nc[nH]c1=O. The van der Waals surface area contributed by atoms with Crippen molar-refractivity contribution in [3.8, 4) is 11.5 Å². The van der Waals surface area contributed by atoms with E-state index in [1.807, 2.05) is 6.07 Å². The zero-order chi connectivity index (χ0) is 14.8. The lowest BCUT2D eigenvalue weighted by Crippen LogP contribution is -2.14. The molecule has 0 fully saturated rings. The first kappa shape index (κ1) is 13.9. The Kier molecular flexibility index (Phi) is 3.83. The second kappa shape index (κ2) is 5.77. The number of ether oxygens (including phenoxy) is 2. The van der Waals surface area contributed by atoms with Crippen LogP contribution in [0.1, 0.15) is 11.1 Å². The van der Waals surface area contributed by atoms with Crippen molar-refractivity contribution in [1.82, 2.24) is 9.97 Å². The molecule has 2 heterocycles. The largest absolute Gasteiger partial charge is 0.493 e. The summed E-state index contributed by atoms with van der Waals surface area (Å²) in [5, 5.41) is 3.12. The molecule has 7 heteroatoms. The molecule has 3 rings (SSSR count). The second-order valence-electron chi connectivity index (χ2n) is 4.62. The Labute approximate surface area is 129 Å². The average molecular weight is 352 g/mol. The van der Waals surface area contributed by atoms with Gasteiger partial charge in [0.1, 0.15) is 5.75 Å². The highest BCUT2D eigenvalue weighted by molar-refractivity contribution is 9.10. The molecule has 1 aromatic carbocycles. The first-order valence-corrected chi connectivity index (χ1v) is 7.28. The van der Waals surface area contributed by atoms with Gasteiger partial charge < -0.3 is 19.8 Å². The Bertz CT molecular complexity index is 730. The highest BCUT2D eigenvalue weighted by Gasteiger charge is 2.18. The zero-order valence-corrected chi connectivity index (χ0v) is 13.0. The summed E-state index contributed by atoms with van der Waals surface area (Å²) in [5.74, 6) is 1.49. The minimum absolute atomic E-state index is 0.171. The van der Waals surface area contributed by atoms with E-state index in [9.17, 15) is 4.79 Å². The molecule has 2 aromatic rings. The number of fused-ring (bicyclic) bond motifs is 1. The summed E-state index contributed by atoms with van der Waals surface area (Å²) in [6, 6.07) is 4.06. The summed E-state index contributed by atoms with van der Waals surface area (Å²) < 4.78 is 11.8. The van der Waals surface area contributed by atoms with Gasteiger partial charge in [-0.1, -0.05) is 15.9 Å². The van der Waals surface area contributed by atoms with E-state index >= 15 is 0 Å². The summed E-state index contributed by atoms with van der Waals surface area (Å²) in [5.41, 5.74) is 1.89. The number of H-pyrrole nitrogens is 1. The van der Waals surface area contributed by atoms with Crippen LogP contribution >= 0.6 is 15.9 Å². The van der Waals surface area contributed by atoms with Gasteiger partial charge in [-0.3, -0.25) is 4.79 Å². The number of hydrogen-bond acceptors (Lipinski definition) is 5. The van der Waals surface area contributed by atoms with E-state index < -0.39 is 0 Å². The summed E-state index contributed by atoms with van der Waals surface area (Å²) in [4.78, 5) is 18.2. The van der Waals surface area contributed by atoms with Gasteiger partial charge in [0.15, 0.2) is 5.82 Å². The number of nitrogens with zero attached hydrogens (tertiary/aromatic N) is 1. The average Bonchev–Trinajstić information content (AvgIpc) is 2.93. The highest BCUT2D eigenvalue weighted by Crippen LogP contribution is 2.33. The van der Waals surface area contributed by atoms with Gasteiger partial charge in [-0.25, -0.2) is 4.98 Å². The quantitative estimate of drug-likeness (QED) is 0.881. The fourth-order valence-electron chi connectivity index (χ4n) is 2.36. The van der Waals surface area contributed by atoms with Crippen molar-refractivity contribution in [2.45, 2.75) is 13.0 Å². The van der Waals surface area contributed by atoms with Gasteiger partial charge in [0.25, 0.3) is 5.56 Å². The smallest absolute Gasteiger partial charge is 0.295 e. The van der Waals surface area contributed by atoms with Crippen molar-refractivity contribution in [2.75, 3.05) is 19.0 Å². The lowest BCUT2D eigenvalue weighted by Gasteiger charge is -2.12. The number of methoxy groups -OCH3 is 1. The summed E-state index contributed by atoms with van der Waals surface area (Å²) in [6.07, 6.45) is 2.25. The molecule has 1 aliphatic rings. The maximum Gasteiger partial charge on any atom is 0.295 e. The lowest BCUT2D eigenvalue weighted by atomic mass is 10.1. The number of hydrogen-bond donors (Lipinski definition) is 2. The third kappa shape index (κ3) is 2.73. The first-order chi connectivity index (χ1) is 10.2. The van der Waals surface area contributed by atoms with Crippen LogP contribution in [0.15, 0.2) is 27.7 Å². The zero-order valence-electron chi connectivity index (χ0n) is 11.4. The Morgan fingerprint density at radius 2 is 2.38 bits per heavy atom. The van der Waals surface area contributed by atoms with Crippen LogP contribution in [-0.2, 0) is 13.0 Å². The minimum Gasteiger partial charge on any atom is -0.493 e. The van der Waals surface area contributed by atoms with Crippen LogP contribution in [0.3, 0.4) is 0 Å². The molecule has 21 heavy (non-hydrogen) atoms. The van der Waals surface area contributed by atoms with Crippen LogP contribution in [0.2, 0.25) is 0 Å². The molecule has 0 radical (unpaired) electrons. The lowest BCUT2D eigenvalue weighted by molar-refractivity contribution is 0.353. The van der Waals surface area contributed by atoms with E-state index in [-0.39, 0.29) is 11.3 Å². The number of benzene rings is 1. The third-order valence-corrected chi connectivity index (χ3v) is 3.74. The number of aromatic nitrogens is 2. The fourth-order valence-corrected chi connectivity index (χ4v) is 2.91. The van der Waals surface area contributed by atoms with Crippen LogP contribution in [0.25, 0.3) is 0 Å². The van der Waals surface area contributed by atoms with Gasteiger partial charge in [-0.2, -0.15) is 0 Å². The molecule has 1 aliphatic heterocycles. The molecular weight excluding hydrogens is 338 g/mol. The van der Waals surface area contributed by atoms with Gasteiger partial charge in [-0.05, 0) is 17.7 Å². The van der Waals surface area contributed by atoms with E-state index in [0.717, 1.165) is 22.2 Å². The molecule has 0 atom stereocenters. The summed E-state index contributed by atoms with van der Waals surface area (Å²) in [6.45, 7) is 1.19. The molecular formula is C14H14BrN3O3. The molecule has 0 aliphatic carbocycles. The van der Waals surface area contributed by atoms with E-state index in [1.54, 1.807) is 0 Å². The topological polar surface area (TPSA) is 76.2 Å². The highest BCUT2D eigenvalue weighted by atomic mass is 79.9. The van der Waals surface area contributed by atoms with Crippen molar-refractivity contribution < 1.29 is 9.47 Å². The Balaban J connectivity index is 1.86. The standard InChI is InChI=1S/C14H14BrN3O3/c1-20-12-13(17-7-18-14(12)19)16-6-9-5-10(15)4-8-2-3-21-11(8)9/h4-5,7H,2-3,6H2,1H3,(H2,16,17,18,19). The molecule has 1 aromatic heterocycles. The van der Waals surface area contributed by atoms with Crippen molar-refractivity contribution in [3.63, 3.8) is 0 Å². The molecule has 0 bridgehead atoms. The predicted octanol–water partition coefficient (Wildman–Crippen LogP) is 2.09. The van der Waals surface area contributed by atoms with E-state index in [0.29, 0.717) is 19.0 Å². The van der Waals surface area contributed by atoms with E-state index in [4.69, 9.17) is 9.47 Å². The van der Waals surface area contributed by atoms with Crippen molar-refractivity contribution in [3.05, 3.63) is 44.4 Å². The second-order valence-corrected chi connectivity index (χ2v) is 5.53. The summed E-state index contributed by atoms with van der Waals surface area (Å²) in [7, 11) is 1.44. The molecule has 2 N–H and O–H groups in total. The van der Waals surface area contributed by atoms with E-state index in [2.05, 4.69) is 37.3 Å². The Hall–Kier alpha value is -2.02. The Morgan fingerprint density at radius 1 is 1.52 bits per heavy atom. The maximum atomic E-state index is 11.6.